The zero-order valence-electron chi connectivity index (χ0n) is 19.9. The number of hydrogen-bond donors (Lipinski definition) is 0. The maximum absolute atomic E-state index is 12.7. The number of hydrogen-bond acceptors (Lipinski definition) is 5. The molecule has 1 atom stereocenters. The molecule has 3 aromatic rings. The number of carboxylic acid groups (broad SMARTS) is 1. The van der Waals surface area contributed by atoms with E-state index in [4.69, 9.17) is 44.3 Å². The van der Waals surface area contributed by atoms with E-state index in [1.165, 1.54) is 0 Å². The minimum absolute atomic E-state index is 0. The van der Waals surface area contributed by atoms with Gasteiger partial charge in [-0.25, -0.2) is 0 Å². The van der Waals surface area contributed by atoms with Crippen LogP contribution in [0, 0.1) is 6.92 Å². The van der Waals surface area contributed by atoms with Crippen molar-refractivity contribution in [1.82, 2.24) is 0 Å². The van der Waals surface area contributed by atoms with Gasteiger partial charge in [0.1, 0.15) is 17.2 Å². The van der Waals surface area contributed by atoms with Gasteiger partial charge in [-0.1, -0.05) is 40.9 Å². The van der Waals surface area contributed by atoms with Crippen LogP contribution in [0.25, 0.3) is 0 Å². The summed E-state index contributed by atoms with van der Waals surface area (Å²) >= 11 is 18.5. The van der Waals surface area contributed by atoms with Crippen molar-refractivity contribution in [3.05, 3.63) is 85.9 Å². The molecule has 182 valence electrons. The second-order valence-electron chi connectivity index (χ2n) is 8.42. The van der Waals surface area contributed by atoms with Crippen LogP contribution in [0.4, 0.5) is 0 Å². The van der Waals surface area contributed by atoms with Gasteiger partial charge in [0.25, 0.3) is 0 Å². The SMILES string of the molecule is Cc1cc(C(=O)CCCc2ccc(Cl)cc2Cl)ccc1Oc1cc2c(cc1Cl)C(C(=O)[O-])CCO2.[Na+]. The fraction of sp³-hybridized carbons (Fsp3) is 0.259. The van der Waals surface area contributed by atoms with Crippen LogP contribution in [-0.2, 0) is 11.2 Å². The van der Waals surface area contributed by atoms with Crippen LogP contribution < -0.4 is 44.1 Å². The Labute approximate surface area is 246 Å². The van der Waals surface area contributed by atoms with Gasteiger partial charge in [-0.3, -0.25) is 4.79 Å². The number of carboxylic acids is 1. The van der Waals surface area contributed by atoms with Crippen LogP contribution in [0.15, 0.2) is 48.5 Å². The van der Waals surface area contributed by atoms with Crippen LogP contribution in [-0.4, -0.2) is 18.4 Å². The van der Waals surface area contributed by atoms with Crippen LogP contribution in [0.3, 0.4) is 0 Å². The standard InChI is InChI=1S/C27H23Cl3O5.Na/c1-15-11-17(23(31)4-2-3-16-5-7-18(28)12-21(16)29)6-8-24(15)35-26-14-25-20(13-22(26)30)19(27(32)33)9-10-34-25;/h5-8,11-14,19H,2-4,9-10H2,1H3,(H,32,33);/q;+1/p-1. The van der Waals surface area contributed by atoms with Gasteiger partial charge in [0.05, 0.1) is 11.6 Å². The summed E-state index contributed by atoms with van der Waals surface area (Å²) in [6.45, 7) is 2.11. The number of Topliss-reactive ketones (excluding diaryl/α,β-unsaturated/α-hetero) is 1. The summed E-state index contributed by atoms with van der Waals surface area (Å²) in [5, 5.41) is 12.9. The van der Waals surface area contributed by atoms with Gasteiger partial charge in [-0.05, 0) is 73.7 Å². The molecule has 0 fully saturated rings. The van der Waals surface area contributed by atoms with E-state index in [0.29, 0.717) is 64.1 Å². The Bertz CT molecular complexity index is 1290. The van der Waals surface area contributed by atoms with Crippen molar-refractivity contribution in [2.24, 2.45) is 0 Å². The first-order chi connectivity index (χ1) is 16.7. The summed E-state index contributed by atoms with van der Waals surface area (Å²) in [5.74, 6) is -0.622. The van der Waals surface area contributed by atoms with Crippen LogP contribution >= 0.6 is 34.8 Å². The molecule has 9 heteroatoms. The molecule has 0 bridgehead atoms. The number of ketones is 1. The number of aryl methyl sites for hydroxylation is 2. The molecule has 0 saturated heterocycles. The van der Waals surface area contributed by atoms with Gasteiger partial charge in [0, 0.05) is 45.5 Å². The molecule has 0 radical (unpaired) electrons. The van der Waals surface area contributed by atoms with E-state index in [2.05, 4.69) is 0 Å². The summed E-state index contributed by atoms with van der Waals surface area (Å²) in [7, 11) is 0. The van der Waals surface area contributed by atoms with Crippen molar-refractivity contribution in [1.29, 1.82) is 0 Å². The van der Waals surface area contributed by atoms with E-state index >= 15 is 0 Å². The maximum atomic E-state index is 12.7. The van der Waals surface area contributed by atoms with E-state index in [0.717, 1.165) is 11.1 Å². The molecule has 1 heterocycles. The third-order valence-corrected chi connectivity index (χ3v) is 6.85. The van der Waals surface area contributed by atoms with E-state index in [-0.39, 0.29) is 47.0 Å². The van der Waals surface area contributed by atoms with Gasteiger partial charge in [-0.2, -0.15) is 0 Å². The van der Waals surface area contributed by atoms with E-state index in [1.807, 2.05) is 13.0 Å². The topological polar surface area (TPSA) is 75.7 Å². The quantitative estimate of drug-likeness (QED) is 0.314. The van der Waals surface area contributed by atoms with Crippen LogP contribution in [0.5, 0.6) is 17.2 Å². The Kier molecular flexibility index (Phi) is 10.2. The molecule has 1 unspecified atom stereocenters. The third-order valence-electron chi connectivity index (χ3n) is 5.97. The summed E-state index contributed by atoms with van der Waals surface area (Å²) in [6, 6.07) is 13.7. The summed E-state index contributed by atoms with van der Waals surface area (Å²) in [6.07, 6.45) is 2.05. The molecular formula is C27H22Cl3NaO5. The summed E-state index contributed by atoms with van der Waals surface area (Å²) < 4.78 is 11.6. The average molecular weight is 556 g/mol. The number of carbonyl (C=O) groups excluding carboxylic acids is 2. The van der Waals surface area contributed by atoms with Crippen molar-refractivity contribution in [2.75, 3.05) is 6.61 Å². The van der Waals surface area contributed by atoms with Crippen molar-refractivity contribution in [2.45, 2.75) is 38.5 Å². The number of aliphatic carboxylic acids is 1. The molecule has 1 aliphatic rings. The minimum Gasteiger partial charge on any atom is -0.549 e. The Balaban J connectivity index is 0.00000361. The van der Waals surface area contributed by atoms with E-state index in [9.17, 15) is 14.7 Å². The second kappa shape index (κ2) is 12.7. The Hall–Kier alpha value is -1.73. The van der Waals surface area contributed by atoms with Crippen LogP contribution in [0.1, 0.15) is 52.2 Å². The first-order valence-corrected chi connectivity index (χ1v) is 12.3. The molecule has 0 amide bonds. The molecule has 4 rings (SSSR count). The van der Waals surface area contributed by atoms with Gasteiger partial charge in [0.15, 0.2) is 5.78 Å². The van der Waals surface area contributed by atoms with Crippen molar-refractivity contribution in [3.63, 3.8) is 0 Å². The first kappa shape index (κ1) is 28.8. The van der Waals surface area contributed by atoms with Crippen molar-refractivity contribution >= 4 is 46.6 Å². The molecule has 0 saturated carbocycles. The number of ether oxygens (including phenoxy) is 2. The molecule has 5 nitrogen and oxygen atoms in total. The molecule has 0 aromatic heterocycles. The molecule has 0 N–H and O–H groups in total. The molecule has 1 aliphatic heterocycles. The van der Waals surface area contributed by atoms with Gasteiger partial charge < -0.3 is 19.4 Å². The molecule has 0 spiro atoms. The zero-order valence-corrected chi connectivity index (χ0v) is 24.2. The smallest absolute Gasteiger partial charge is 0.549 e. The second-order valence-corrected chi connectivity index (χ2v) is 9.67. The normalized spacial score (nSPS) is 14.3. The van der Waals surface area contributed by atoms with Gasteiger partial charge in [0.2, 0.25) is 0 Å². The van der Waals surface area contributed by atoms with Crippen LogP contribution in [0.2, 0.25) is 15.1 Å². The Morgan fingerprint density at radius 3 is 2.50 bits per heavy atom. The predicted octanol–water partition coefficient (Wildman–Crippen LogP) is 3.57. The maximum Gasteiger partial charge on any atom is 1.00 e. The number of fused-ring (bicyclic) bond motifs is 1. The van der Waals surface area contributed by atoms with E-state index < -0.39 is 11.9 Å². The Morgan fingerprint density at radius 1 is 1.03 bits per heavy atom. The first-order valence-electron chi connectivity index (χ1n) is 11.2. The minimum atomic E-state index is -1.16. The molecule has 3 aromatic carbocycles. The summed E-state index contributed by atoms with van der Waals surface area (Å²) in [4.78, 5) is 24.1. The molecule has 36 heavy (non-hydrogen) atoms. The van der Waals surface area contributed by atoms with E-state index in [1.54, 1.807) is 42.5 Å². The molecule has 0 aliphatic carbocycles. The van der Waals surface area contributed by atoms with Gasteiger partial charge >= 0.3 is 29.6 Å². The monoisotopic (exact) mass is 554 g/mol. The fourth-order valence-corrected chi connectivity index (χ4v) is 4.79. The number of carbonyl (C=O) groups is 2. The average Bonchev–Trinajstić information content (AvgIpc) is 2.81. The Morgan fingerprint density at radius 2 is 1.81 bits per heavy atom. The predicted molar refractivity (Wildman–Crippen MR) is 134 cm³/mol. The van der Waals surface area contributed by atoms with Crippen molar-refractivity contribution in [3.8, 4) is 17.2 Å². The fourth-order valence-electron chi connectivity index (χ4n) is 4.08. The largest absolute Gasteiger partial charge is 1.00 e. The summed E-state index contributed by atoms with van der Waals surface area (Å²) in [5.41, 5.74) is 2.79. The number of benzene rings is 3. The number of halogens is 3. The van der Waals surface area contributed by atoms with Gasteiger partial charge in [-0.15, -0.1) is 0 Å². The zero-order chi connectivity index (χ0) is 25.1. The third kappa shape index (κ3) is 6.77. The van der Waals surface area contributed by atoms with Crippen molar-refractivity contribution < 1.29 is 53.7 Å². The number of rotatable bonds is 8. The molecular weight excluding hydrogens is 534 g/mol.